The molecule has 0 spiro atoms. The highest BCUT2D eigenvalue weighted by molar-refractivity contribution is 5.87. The number of benzene rings is 1. The van der Waals surface area contributed by atoms with E-state index in [1.54, 1.807) is 12.1 Å². The highest BCUT2D eigenvalue weighted by atomic mass is 16.4. The second-order valence-electron chi connectivity index (χ2n) is 4.92. The van der Waals surface area contributed by atoms with E-state index in [1.165, 1.54) is 12.1 Å². The molecular weight excluding hydrogens is 260 g/mol. The summed E-state index contributed by atoms with van der Waals surface area (Å²) in [5.74, 6) is -1.21. The van der Waals surface area contributed by atoms with E-state index < -0.39 is 12.0 Å². The summed E-state index contributed by atoms with van der Waals surface area (Å²) in [5, 5.41) is 24.0. The van der Waals surface area contributed by atoms with Gasteiger partial charge in [-0.05, 0) is 37.1 Å². The molecule has 1 aliphatic rings. The van der Waals surface area contributed by atoms with Crippen LogP contribution in [0.15, 0.2) is 24.3 Å². The van der Waals surface area contributed by atoms with Crippen molar-refractivity contribution >= 4 is 11.9 Å². The van der Waals surface area contributed by atoms with Gasteiger partial charge < -0.3 is 20.8 Å². The van der Waals surface area contributed by atoms with Crippen LogP contribution >= 0.6 is 0 Å². The van der Waals surface area contributed by atoms with Gasteiger partial charge in [-0.3, -0.25) is 4.79 Å². The van der Waals surface area contributed by atoms with E-state index in [9.17, 15) is 19.8 Å². The first kappa shape index (κ1) is 14.3. The van der Waals surface area contributed by atoms with Gasteiger partial charge in [0.05, 0.1) is 6.04 Å². The molecule has 0 aromatic heterocycles. The fourth-order valence-electron chi connectivity index (χ4n) is 2.25. The van der Waals surface area contributed by atoms with Crippen LogP contribution in [0.2, 0.25) is 0 Å². The Morgan fingerprint density at radius 2 is 2.05 bits per heavy atom. The van der Waals surface area contributed by atoms with Crippen LogP contribution in [0.25, 0.3) is 0 Å². The number of carboxylic acids is 1. The van der Waals surface area contributed by atoms with Crippen molar-refractivity contribution < 1.29 is 19.8 Å². The molecule has 2 atom stereocenters. The minimum Gasteiger partial charge on any atom is -0.508 e. The number of hydrogen-bond donors (Lipinski definition) is 4. The molecule has 0 unspecified atom stereocenters. The van der Waals surface area contributed by atoms with Crippen molar-refractivity contribution in [2.45, 2.75) is 31.3 Å². The third kappa shape index (κ3) is 3.71. The van der Waals surface area contributed by atoms with E-state index in [2.05, 4.69) is 10.6 Å². The van der Waals surface area contributed by atoms with Gasteiger partial charge in [0.25, 0.3) is 0 Å². The Hall–Kier alpha value is -2.08. The summed E-state index contributed by atoms with van der Waals surface area (Å²) in [4.78, 5) is 23.2. The smallest absolute Gasteiger partial charge is 0.326 e. The molecule has 1 aliphatic heterocycles. The zero-order chi connectivity index (χ0) is 14.5. The number of nitrogens with one attached hydrogen (secondary N) is 2. The first-order valence-electron chi connectivity index (χ1n) is 6.61. The lowest BCUT2D eigenvalue weighted by atomic mass is 10.1. The Balaban J connectivity index is 1.98. The maximum absolute atomic E-state index is 11.9. The number of carbonyl (C=O) groups is 2. The number of carboxylic acid groups (broad SMARTS) is 1. The molecule has 1 heterocycles. The summed E-state index contributed by atoms with van der Waals surface area (Å²) in [6.45, 7) is 0.786. The molecule has 1 aromatic rings. The van der Waals surface area contributed by atoms with E-state index in [4.69, 9.17) is 0 Å². The van der Waals surface area contributed by atoms with Crippen LogP contribution in [0.3, 0.4) is 0 Å². The second-order valence-corrected chi connectivity index (χ2v) is 4.92. The average molecular weight is 278 g/mol. The van der Waals surface area contributed by atoms with Gasteiger partial charge >= 0.3 is 5.97 Å². The first-order valence-corrected chi connectivity index (χ1v) is 6.61. The van der Waals surface area contributed by atoms with Crippen LogP contribution in [-0.4, -0.2) is 40.7 Å². The van der Waals surface area contributed by atoms with Crippen LogP contribution in [-0.2, 0) is 16.0 Å². The maximum Gasteiger partial charge on any atom is 0.326 e. The number of amides is 1. The van der Waals surface area contributed by atoms with E-state index >= 15 is 0 Å². The SMILES string of the molecule is O=C(O)[C@H](Cc1ccc(O)cc1)NC(=O)[C@@H]1CCCN1. The number of phenols is 1. The lowest BCUT2D eigenvalue weighted by Crippen LogP contribution is -2.49. The zero-order valence-corrected chi connectivity index (χ0v) is 11.0. The summed E-state index contributed by atoms with van der Waals surface area (Å²) in [6.07, 6.45) is 1.85. The van der Waals surface area contributed by atoms with Crippen LogP contribution in [0, 0.1) is 0 Å². The molecule has 1 amide bonds. The van der Waals surface area contributed by atoms with Crippen molar-refractivity contribution in [2.24, 2.45) is 0 Å². The average Bonchev–Trinajstić information content (AvgIpc) is 2.94. The summed E-state index contributed by atoms with van der Waals surface area (Å²) in [6, 6.07) is 5.02. The number of hydrogen-bond acceptors (Lipinski definition) is 4. The summed E-state index contributed by atoms with van der Waals surface area (Å²) in [7, 11) is 0. The maximum atomic E-state index is 11.9. The normalized spacial score (nSPS) is 19.5. The summed E-state index contributed by atoms with van der Waals surface area (Å²) in [5.41, 5.74) is 0.745. The molecule has 1 aromatic carbocycles. The number of rotatable bonds is 5. The lowest BCUT2D eigenvalue weighted by molar-refractivity contribution is -0.142. The predicted octanol–water partition coefficient (Wildman–Crippen LogP) is 0.256. The second kappa shape index (κ2) is 6.38. The van der Waals surface area contributed by atoms with Gasteiger partial charge in [-0.15, -0.1) is 0 Å². The standard InChI is InChI=1S/C14H18N2O4/c17-10-5-3-9(4-6-10)8-12(14(19)20)16-13(18)11-2-1-7-15-11/h3-6,11-12,15,17H,1-2,7-8H2,(H,16,18)(H,19,20)/t11-,12-/m0/s1. The molecule has 1 fully saturated rings. The van der Waals surface area contributed by atoms with E-state index in [-0.39, 0.29) is 24.1 Å². The van der Waals surface area contributed by atoms with Crippen LogP contribution in [0.4, 0.5) is 0 Å². The molecule has 2 rings (SSSR count). The molecular formula is C14H18N2O4. The molecule has 6 heteroatoms. The third-order valence-electron chi connectivity index (χ3n) is 3.37. The number of aromatic hydroxyl groups is 1. The molecule has 4 N–H and O–H groups in total. The fraction of sp³-hybridized carbons (Fsp3) is 0.429. The summed E-state index contributed by atoms with van der Waals surface area (Å²) < 4.78 is 0. The number of carbonyl (C=O) groups excluding carboxylic acids is 1. The molecule has 0 aliphatic carbocycles. The minimum atomic E-state index is -1.07. The quantitative estimate of drug-likeness (QED) is 0.619. The highest BCUT2D eigenvalue weighted by Gasteiger charge is 2.27. The molecule has 108 valence electrons. The van der Waals surface area contributed by atoms with Crippen molar-refractivity contribution in [2.75, 3.05) is 6.54 Å². The van der Waals surface area contributed by atoms with Gasteiger partial charge in [0.1, 0.15) is 11.8 Å². The van der Waals surface area contributed by atoms with Gasteiger partial charge in [-0.2, -0.15) is 0 Å². The van der Waals surface area contributed by atoms with Crippen molar-refractivity contribution in [1.29, 1.82) is 0 Å². The van der Waals surface area contributed by atoms with E-state index in [1.807, 2.05) is 0 Å². The molecule has 1 saturated heterocycles. The van der Waals surface area contributed by atoms with Gasteiger partial charge in [0, 0.05) is 6.42 Å². The Kier molecular flexibility index (Phi) is 4.57. The fourth-order valence-corrected chi connectivity index (χ4v) is 2.25. The monoisotopic (exact) mass is 278 g/mol. The molecule has 0 radical (unpaired) electrons. The minimum absolute atomic E-state index is 0.125. The van der Waals surface area contributed by atoms with Crippen molar-refractivity contribution in [3.63, 3.8) is 0 Å². The van der Waals surface area contributed by atoms with E-state index in [0.29, 0.717) is 0 Å². The summed E-state index contributed by atoms with van der Waals surface area (Å²) >= 11 is 0. The van der Waals surface area contributed by atoms with Crippen molar-refractivity contribution in [3.8, 4) is 5.75 Å². The van der Waals surface area contributed by atoms with Crippen molar-refractivity contribution in [1.82, 2.24) is 10.6 Å². The van der Waals surface area contributed by atoms with Crippen molar-refractivity contribution in [3.05, 3.63) is 29.8 Å². The van der Waals surface area contributed by atoms with Gasteiger partial charge in [0.15, 0.2) is 0 Å². The van der Waals surface area contributed by atoms with Crippen LogP contribution in [0.5, 0.6) is 5.75 Å². The molecule has 0 saturated carbocycles. The predicted molar refractivity (Wildman–Crippen MR) is 72.4 cm³/mol. The van der Waals surface area contributed by atoms with Gasteiger partial charge in [-0.25, -0.2) is 4.79 Å². The van der Waals surface area contributed by atoms with Crippen LogP contribution in [0.1, 0.15) is 18.4 Å². The molecule has 6 nitrogen and oxygen atoms in total. The highest BCUT2D eigenvalue weighted by Crippen LogP contribution is 2.12. The number of phenolic OH excluding ortho intramolecular Hbond substituents is 1. The molecule has 0 bridgehead atoms. The third-order valence-corrected chi connectivity index (χ3v) is 3.37. The Bertz CT molecular complexity index is 480. The molecule has 20 heavy (non-hydrogen) atoms. The van der Waals surface area contributed by atoms with Gasteiger partial charge in [-0.1, -0.05) is 12.1 Å². The topological polar surface area (TPSA) is 98.7 Å². The zero-order valence-electron chi connectivity index (χ0n) is 11.0. The van der Waals surface area contributed by atoms with Gasteiger partial charge in [0.2, 0.25) is 5.91 Å². The van der Waals surface area contributed by atoms with E-state index in [0.717, 1.165) is 24.9 Å². The lowest BCUT2D eigenvalue weighted by Gasteiger charge is -2.17. The Morgan fingerprint density at radius 1 is 1.35 bits per heavy atom. The van der Waals surface area contributed by atoms with Crippen LogP contribution < -0.4 is 10.6 Å². The number of aliphatic carboxylic acids is 1. The first-order chi connectivity index (χ1) is 9.56. The largest absolute Gasteiger partial charge is 0.508 e. The Morgan fingerprint density at radius 3 is 2.60 bits per heavy atom. The Labute approximate surface area is 116 Å².